The van der Waals surface area contributed by atoms with Gasteiger partial charge in [-0.1, -0.05) is 30.3 Å². The van der Waals surface area contributed by atoms with Crippen molar-refractivity contribution in [1.82, 2.24) is 5.32 Å². The summed E-state index contributed by atoms with van der Waals surface area (Å²) in [5.74, 6) is -1.07. The van der Waals surface area contributed by atoms with E-state index in [0.29, 0.717) is 0 Å². The average molecular weight is 263 g/mol. The molecular formula is C15H21NO3. The number of carbonyl (C=O) groups excluding carboxylic acids is 2. The maximum atomic E-state index is 12.3. The van der Waals surface area contributed by atoms with Crippen LogP contribution in [0.5, 0.6) is 0 Å². The molecule has 0 aliphatic heterocycles. The van der Waals surface area contributed by atoms with E-state index in [9.17, 15) is 9.59 Å². The number of carbonyl (C=O) groups is 2. The van der Waals surface area contributed by atoms with Crippen molar-refractivity contribution in [2.75, 3.05) is 7.11 Å². The Hall–Kier alpha value is -1.84. The minimum absolute atomic E-state index is 0.0441. The number of hydrogen-bond acceptors (Lipinski definition) is 3. The molecule has 0 heterocycles. The summed E-state index contributed by atoms with van der Waals surface area (Å²) in [6.07, 6.45) is 0.0441. The molecule has 19 heavy (non-hydrogen) atoms. The smallest absolute Gasteiger partial charge is 0.306 e. The lowest BCUT2D eigenvalue weighted by molar-refractivity contribution is -0.143. The molecule has 0 saturated heterocycles. The van der Waals surface area contributed by atoms with Crippen molar-refractivity contribution in [3.05, 3.63) is 35.9 Å². The average Bonchev–Trinajstić information content (AvgIpc) is 2.34. The number of esters is 1. The molecule has 0 saturated carbocycles. The van der Waals surface area contributed by atoms with E-state index in [1.54, 1.807) is 0 Å². The van der Waals surface area contributed by atoms with E-state index in [4.69, 9.17) is 0 Å². The summed E-state index contributed by atoms with van der Waals surface area (Å²) in [6.45, 7) is 5.72. The Labute approximate surface area is 114 Å². The molecule has 1 aromatic rings. The van der Waals surface area contributed by atoms with Crippen LogP contribution >= 0.6 is 0 Å². The van der Waals surface area contributed by atoms with Crippen molar-refractivity contribution in [1.29, 1.82) is 0 Å². The van der Waals surface area contributed by atoms with Crippen LogP contribution in [0, 0.1) is 0 Å². The highest BCUT2D eigenvalue weighted by Crippen LogP contribution is 2.21. The first-order valence-corrected chi connectivity index (χ1v) is 6.27. The number of hydrogen-bond donors (Lipinski definition) is 1. The monoisotopic (exact) mass is 263 g/mol. The van der Waals surface area contributed by atoms with Crippen LogP contribution < -0.4 is 5.32 Å². The Balaban J connectivity index is 2.93. The van der Waals surface area contributed by atoms with Crippen LogP contribution in [-0.2, 0) is 14.3 Å². The SMILES string of the molecule is COC(=O)CC(C(=O)NC(C)(C)C)c1ccccc1. The molecule has 1 amide bonds. The maximum absolute atomic E-state index is 12.3. The van der Waals surface area contributed by atoms with Crippen molar-refractivity contribution >= 4 is 11.9 Å². The van der Waals surface area contributed by atoms with Gasteiger partial charge < -0.3 is 10.1 Å². The zero-order valence-electron chi connectivity index (χ0n) is 11.9. The molecule has 1 atom stereocenters. The summed E-state index contributed by atoms with van der Waals surface area (Å²) < 4.78 is 4.66. The van der Waals surface area contributed by atoms with Crippen molar-refractivity contribution in [2.45, 2.75) is 38.6 Å². The van der Waals surface area contributed by atoms with Crippen molar-refractivity contribution in [3.63, 3.8) is 0 Å². The lowest BCUT2D eigenvalue weighted by atomic mass is 9.93. The van der Waals surface area contributed by atoms with Gasteiger partial charge in [-0.05, 0) is 26.3 Å². The zero-order chi connectivity index (χ0) is 14.5. The van der Waals surface area contributed by atoms with Crippen LogP contribution in [0.25, 0.3) is 0 Å². The van der Waals surface area contributed by atoms with E-state index in [1.807, 2.05) is 51.1 Å². The number of ether oxygens (including phenoxy) is 1. The Morgan fingerprint density at radius 2 is 1.79 bits per heavy atom. The van der Waals surface area contributed by atoms with Gasteiger partial charge >= 0.3 is 5.97 Å². The fourth-order valence-corrected chi connectivity index (χ4v) is 1.75. The normalized spacial score (nSPS) is 12.6. The molecule has 0 fully saturated rings. The van der Waals surface area contributed by atoms with E-state index < -0.39 is 11.9 Å². The zero-order valence-corrected chi connectivity index (χ0v) is 11.9. The third kappa shape index (κ3) is 5.12. The van der Waals surface area contributed by atoms with Gasteiger partial charge in [0.05, 0.1) is 19.4 Å². The summed E-state index contributed by atoms with van der Waals surface area (Å²) in [7, 11) is 1.33. The Morgan fingerprint density at radius 1 is 1.21 bits per heavy atom. The number of methoxy groups -OCH3 is 1. The van der Waals surface area contributed by atoms with Gasteiger partial charge in [0.25, 0.3) is 0 Å². The number of nitrogens with one attached hydrogen (secondary N) is 1. The van der Waals surface area contributed by atoms with Crippen LogP contribution in [0.4, 0.5) is 0 Å². The second-order valence-corrected chi connectivity index (χ2v) is 5.48. The second kappa shape index (κ2) is 6.36. The van der Waals surface area contributed by atoms with E-state index in [0.717, 1.165) is 5.56 Å². The number of benzene rings is 1. The predicted octanol–water partition coefficient (Wildman–Crippen LogP) is 2.25. The fourth-order valence-electron chi connectivity index (χ4n) is 1.75. The molecular weight excluding hydrogens is 242 g/mol. The Kier molecular flexibility index (Phi) is 5.10. The maximum Gasteiger partial charge on any atom is 0.306 e. The van der Waals surface area contributed by atoms with E-state index >= 15 is 0 Å². The molecule has 4 nitrogen and oxygen atoms in total. The summed E-state index contributed by atoms with van der Waals surface area (Å²) in [6, 6.07) is 9.26. The van der Waals surface area contributed by atoms with Gasteiger partial charge in [-0.25, -0.2) is 0 Å². The largest absolute Gasteiger partial charge is 0.469 e. The third-order valence-corrected chi connectivity index (χ3v) is 2.62. The molecule has 0 aromatic heterocycles. The lowest BCUT2D eigenvalue weighted by Gasteiger charge is -2.24. The standard InChI is InChI=1S/C15H21NO3/c1-15(2,3)16-14(18)12(10-13(17)19-4)11-8-6-5-7-9-11/h5-9,12H,10H2,1-4H3,(H,16,18). The van der Waals surface area contributed by atoms with Gasteiger partial charge in [-0.2, -0.15) is 0 Å². The molecule has 1 N–H and O–H groups in total. The summed E-state index contributed by atoms with van der Waals surface area (Å²) in [5, 5.41) is 2.90. The Bertz CT molecular complexity index is 434. The molecule has 104 valence electrons. The van der Waals surface area contributed by atoms with E-state index in [2.05, 4.69) is 10.1 Å². The Morgan fingerprint density at radius 3 is 2.26 bits per heavy atom. The van der Waals surface area contributed by atoms with Crippen LogP contribution in [0.1, 0.15) is 38.7 Å². The van der Waals surface area contributed by atoms with Gasteiger partial charge in [0.2, 0.25) is 5.91 Å². The van der Waals surface area contributed by atoms with Gasteiger partial charge in [0, 0.05) is 5.54 Å². The summed E-state index contributed by atoms with van der Waals surface area (Å²) >= 11 is 0. The van der Waals surface area contributed by atoms with E-state index in [-0.39, 0.29) is 17.9 Å². The first-order valence-electron chi connectivity index (χ1n) is 6.27. The predicted molar refractivity (Wildman–Crippen MR) is 73.7 cm³/mol. The number of rotatable bonds is 4. The lowest BCUT2D eigenvalue weighted by Crippen LogP contribution is -2.43. The highest BCUT2D eigenvalue weighted by Gasteiger charge is 2.26. The molecule has 0 aliphatic rings. The minimum Gasteiger partial charge on any atom is -0.469 e. The first kappa shape index (κ1) is 15.2. The van der Waals surface area contributed by atoms with Crippen molar-refractivity contribution in [3.8, 4) is 0 Å². The summed E-state index contributed by atoms with van der Waals surface area (Å²) in [4.78, 5) is 23.8. The highest BCUT2D eigenvalue weighted by atomic mass is 16.5. The van der Waals surface area contributed by atoms with Gasteiger partial charge in [-0.3, -0.25) is 9.59 Å². The van der Waals surface area contributed by atoms with Gasteiger partial charge in [-0.15, -0.1) is 0 Å². The quantitative estimate of drug-likeness (QED) is 0.848. The first-order chi connectivity index (χ1) is 8.83. The minimum atomic E-state index is -0.520. The molecule has 1 unspecified atom stereocenters. The van der Waals surface area contributed by atoms with Crippen molar-refractivity contribution in [2.24, 2.45) is 0 Å². The molecule has 4 heteroatoms. The van der Waals surface area contributed by atoms with Crippen LogP contribution in [0.15, 0.2) is 30.3 Å². The number of amides is 1. The molecule has 0 aliphatic carbocycles. The van der Waals surface area contributed by atoms with Crippen LogP contribution in [-0.4, -0.2) is 24.5 Å². The molecule has 1 aromatic carbocycles. The van der Waals surface area contributed by atoms with Crippen LogP contribution in [0.2, 0.25) is 0 Å². The van der Waals surface area contributed by atoms with Gasteiger partial charge in [0.15, 0.2) is 0 Å². The van der Waals surface area contributed by atoms with Crippen molar-refractivity contribution < 1.29 is 14.3 Å². The highest BCUT2D eigenvalue weighted by molar-refractivity contribution is 5.88. The second-order valence-electron chi connectivity index (χ2n) is 5.48. The van der Waals surface area contributed by atoms with Gasteiger partial charge in [0.1, 0.15) is 0 Å². The topological polar surface area (TPSA) is 55.4 Å². The molecule has 0 spiro atoms. The molecule has 0 bridgehead atoms. The molecule has 0 radical (unpaired) electrons. The fraction of sp³-hybridized carbons (Fsp3) is 0.467. The van der Waals surface area contributed by atoms with E-state index in [1.165, 1.54) is 7.11 Å². The molecule has 1 rings (SSSR count). The summed E-state index contributed by atoms with van der Waals surface area (Å²) in [5.41, 5.74) is 0.481. The van der Waals surface area contributed by atoms with Crippen LogP contribution in [0.3, 0.4) is 0 Å². The third-order valence-electron chi connectivity index (χ3n) is 2.62.